The van der Waals surface area contributed by atoms with Crippen molar-refractivity contribution in [1.82, 2.24) is 4.98 Å². The molecule has 0 atom stereocenters. The van der Waals surface area contributed by atoms with Gasteiger partial charge in [0.2, 0.25) is 0 Å². The maximum Gasteiger partial charge on any atom is 0.358 e. The first kappa shape index (κ1) is 14.9. The van der Waals surface area contributed by atoms with Crippen LogP contribution >= 0.6 is 34.8 Å². The van der Waals surface area contributed by atoms with Gasteiger partial charge in [-0.05, 0) is 18.2 Å². The number of benzene rings is 1. The number of rotatable bonds is 2. The van der Waals surface area contributed by atoms with Gasteiger partial charge < -0.3 is 10.5 Å². The average Bonchev–Trinajstić information content (AvgIpc) is 2.44. The van der Waals surface area contributed by atoms with E-state index in [-0.39, 0.29) is 16.4 Å². The van der Waals surface area contributed by atoms with E-state index in [0.717, 1.165) is 0 Å². The zero-order chi connectivity index (χ0) is 14.9. The minimum atomic E-state index is -0.663. The Morgan fingerprint density at radius 1 is 1.20 bits per heavy atom. The maximum absolute atomic E-state index is 11.6. The molecule has 0 bridgehead atoms. The number of nitrogen functional groups attached to an aromatic ring is 1. The van der Waals surface area contributed by atoms with Gasteiger partial charge in [0.25, 0.3) is 0 Å². The smallest absolute Gasteiger partial charge is 0.358 e. The lowest BCUT2D eigenvalue weighted by molar-refractivity contribution is 0.0594. The predicted octanol–water partition coefficient (Wildman–Crippen LogP) is 4.08. The minimum Gasteiger partial charge on any atom is -0.464 e. The van der Waals surface area contributed by atoms with Crippen LogP contribution in [0.15, 0.2) is 24.3 Å². The molecule has 0 saturated heterocycles. The second kappa shape index (κ2) is 5.87. The van der Waals surface area contributed by atoms with E-state index in [1.165, 1.54) is 7.11 Å². The molecule has 20 heavy (non-hydrogen) atoms. The number of pyridine rings is 1. The van der Waals surface area contributed by atoms with Crippen molar-refractivity contribution >= 4 is 46.5 Å². The van der Waals surface area contributed by atoms with Gasteiger partial charge >= 0.3 is 5.97 Å². The number of nitrogens with two attached hydrogens (primary N) is 1. The zero-order valence-corrected chi connectivity index (χ0v) is 12.6. The molecule has 0 unspecified atom stereocenters. The highest BCUT2D eigenvalue weighted by Crippen LogP contribution is 2.31. The number of anilines is 1. The fraction of sp³-hybridized carbons (Fsp3) is 0.0769. The van der Waals surface area contributed by atoms with Crippen LogP contribution in [-0.2, 0) is 4.74 Å². The Balaban J connectivity index is 2.60. The molecule has 2 N–H and O–H groups in total. The van der Waals surface area contributed by atoms with E-state index in [1.54, 1.807) is 24.3 Å². The van der Waals surface area contributed by atoms with Crippen molar-refractivity contribution in [2.24, 2.45) is 0 Å². The number of carbonyl (C=O) groups is 1. The van der Waals surface area contributed by atoms with Gasteiger partial charge in [0.05, 0.1) is 33.6 Å². The number of hydrogen-bond acceptors (Lipinski definition) is 4. The Morgan fingerprint density at radius 2 is 1.90 bits per heavy atom. The fourth-order valence-corrected chi connectivity index (χ4v) is 2.06. The fourth-order valence-electron chi connectivity index (χ4n) is 1.58. The van der Waals surface area contributed by atoms with Crippen molar-refractivity contribution in [3.05, 3.63) is 45.0 Å². The average molecular weight is 332 g/mol. The van der Waals surface area contributed by atoms with Crippen LogP contribution in [-0.4, -0.2) is 18.1 Å². The second-order valence-corrected chi connectivity index (χ2v) is 5.07. The van der Waals surface area contributed by atoms with Crippen LogP contribution in [0.1, 0.15) is 10.5 Å². The molecule has 0 amide bonds. The van der Waals surface area contributed by atoms with Gasteiger partial charge in [-0.3, -0.25) is 0 Å². The first-order valence-electron chi connectivity index (χ1n) is 5.43. The molecule has 4 nitrogen and oxygen atoms in total. The summed E-state index contributed by atoms with van der Waals surface area (Å²) in [5.41, 5.74) is 7.07. The molecule has 1 aromatic heterocycles. The molecule has 0 aliphatic rings. The summed E-state index contributed by atoms with van der Waals surface area (Å²) in [4.78, 5) is 15.8. The van der Waals surface area contributed by atoms with E-state index in [1.807, 2.05) is 0 Å². The first-order chi connectivity index (χ1) is 9.43. The Bertz CT molecular complexity index is 690. The lowest BCUT2D eigenvalue weighted by atomic mass is 10.1. The number of nitrogens with zero attached hydrogens (tertiary/aromatic N) is 1. The lowest BCUT2D eigenvalue weighted by Crippen LogP contribution is -2.08. The SMILES string of the molecule is COC(=O)c1nc(-c2ccc(Cl)c(Cl)c2)cc(N)c1Cl. The topological polar surface area (TPSA) is 65.2 Å². The molecule has 0 aliphatic carbocycles. The van der Waals surface area contributed by atoms with Gasteiger partial charge in [-0.15, -0.1) is 0 Å². The van der Waals surface area contributed by atoms with Crippen LogP contribution < -0.4 is 5.73 Å². The van der Waals surface area contributed by atoms with Crippen molar-refractivity contribution < 1.29 is 9.53 Å². The Hall–Kier alpha value is -1.49. The minimum absolute atomic E-state index is 0.0461. The van der Waals surface area contributed by atoms with Crippen LogP contribution in [0.3, 0.4) is 0 Å². The molecule has 0 spiro atoms. The van der Waals surface area contributed by atoms with Crippen LogP contribution in [0.2, 0.25) is 15.1 Å². The van der Waals surface area contributed by atoms with Gasteiger partial charge in [0.1, 0.15) is 0 Å². The molecule has 2 rings (SSSR count). The summed E-state index contributed by atoms with van der Waals surface area (Å²) in [6.45, 7) is 0. The molecule has 104 valence electrons. The van der Waals surface area contributed by atoms with Crippen LogP contribution in [0.4, 0.5) is 5.69 Å². The number of methoxy groups -OCH3 is 1. The van der Waals surface area contributed by atoms with Crippen molar-refractivity contribution in [3.8, 4) is 11.3 Å². The van der Waals surface area contributed by atoms with E-state index >= 15 is 0 Å². The summed E-state index contributed by atoms with van der Waals surface area (Å²) in [6, 6.07) is 6.52. The Kier molecular flexibility index (Phi) is 4.38. The number of hydrogen-bond donors (Lipinski definition) is 1. The number of halogens is 3. The van der Waals surface area contributed by atoms with Crippen LogP contribution in [0.25, 0.3) is 11.3 Å². The monoisotopic (exact) mass is 330 g/mol. The third-order valence-corrected chi connectivity index (χ3v) is 3.72. The Morgan fingerprint density at radius 3 is 2.50 bits per heavy atom. The standard InChI is InChI=1S/C13H9Cl3N2O2/c1-20-13(19)12-11(16)9(17)5-10(18-12)6-2-3-7(14)8(15)4-6/h2-5H,1H3,(H2,17,18). The summed E-state index contributed by atoms with van der Waals surface area (Å²) in [5, 5.41) is 0.852. The van der Waals surface area contributed by atoms with Gasteiger partial charge in [-0.2, -0.15) is 0 Å². The molecular weight excluding hydrogens is 323 g/mol. The number of ether oxygens (including phenoxy) is 1. The number of carbonyl (C=O) groups excluding carboxylic acids is 1. The third kappa shape index (κ3) is 2.82. The van der Waals surface area contributed by atoms with Crippen molar-refractivity contribution in [3.63, 3.8) is 0 Å². The number of aromatic nitrogens is 1. The molecule has 2 aromatic rings. The van der Waals surface area contributed by atoms with Gasteiger partial charge in [-0.25, -0.2) is 9.78 Å². The molecule has 7 heteroatoms. The van der Waals surface area contributed by atoms with E-state index in [4.69, 9.17) is 40.5 Å². The molecule has 0 aliphatic heterocycles. The highest BCUT2D eigenvalue weighted by molar-refractivity contribution is 6.42. The summed E-state index contributed by atoms with van der Waals surface area (Å²) < 4.78 is 4.62. The lowest BCUT2D eigenvalue weighted by Gasteiger charge is -2.09. The van der Waals surface area contributed by atoms with E-state index in [9.17, 15) is 4.79 Å². The normalized spacial score (nSPS) is 10.4. The first-order valence-corrected chi connectivity index (χ1v) is 6.57. The van der Waals surface area contributed by atoms with Gasteiger partial charge in [0.15, 0.2) is 5.69 Å². The summed E-state index contributed by atoms with van der Waals surface area (Å²) >= 11 is 17.8. The van der Waals surface area contributed by atoms with Crippen LogP contribution in [0.5, 0.6) is 0 Å². The molecule has 0 radical (unpaired) electrons. The largest absolute Gasteiger partial charge is 0.464 e. The van der Waals surface area contributed by atoms with Crippen molar-refractivity contribution in [1.29, 1.82) is 0 Å². The highest BCUT2D eigenvalue weighted by atomic mass is 35.5. The zero-order valence-electron chi connectivity index (χ0n) is 10.3. The van der Waals surface area contributed by atoms with Gasteiger partial charge in [0, 0.05) is 5.56 Å². The van der Waals surface area contributed by atoms with Gasteiger partial charge in [-0.1, -0.05) is 40.9 Å². The van der Waals surface area contributed by atoms with E-state index < -0.39 is 5.97 Å². The van der Waals surface area contributed by atoms with Crippen molar-refractivity contribution in [2.45, 2.75) is 0 Å². The Labute approximate surface area is 130 Å². The molecule has 0 fully saturated rings. The maximum atomic E-state index is 11.6. The molecule has 1 heterocycles. The number of esters is 1. The molecule has 0 saturated carbocycles. The summed E-state index contributed by atoms with van der Waals surface area (Å²) in [7, 11) is 1.24. The van der Waals surface area contributed by atoms with E-state index in [0.29, 0.717) is 21.3 Å². The van der Waals surface area contributed by atoms with Crippen molar-refractivity contribution in [2.75, 3.05) is 12.8 Å². The molecule has 1 aromatic carbocycles. The molecular formula is C13H9Cl3N2O2. The quantitative estimate of drug-likeness (QED) is 0.842. The van der Waals surface area contributed by atoms with Crippen LogP contribution in [0, 0.1) is 0 Å². The predicted molar refractivity (Wildman–Crippen MR) is 80.5 cm³/mol. The highest BCUT2D eigenvalue weighted by Gasteiger charge is 2.17. The summed E-state index contributed by atoms with van der Waals surface area (Å²) in [6.07, 6.45) is 0. The summed E-state index contributed by atoms with van der Waals surface area (Å²) in [5.74, 6) is -0.663. The second-order valence-electron chi connectivity index (χ2n) is 3.88. The van der Waals surface area contributed by atoms with E-state index in [2.05, 4.69) is 9.72 Å². The third-order valence-electron chi connectivity index (χ3n) is 2.58.